The van der Waals surface area contributed by atoms with Gasteiger partial charge in [-0.1, -0.05) is 38.1 Å². The van der Waals surface area contributed by atoms with Crippen molar-refractivity contribution in [3.8, 4) is 0 Å². The lowest BCUT2D eigenvalue weighted by molar-refractivity contribution is 0.102. The first-order chi connectivity index (χ1) is 8.47. The summed E-state index contributed by atoms with van der Waals surface area (Å²) in [6, 6.07) is 9.17. The third-order valence-corrected chi connectivity index (χ3v) is 2.69. The number of carbonyl (C=O) groups excluding carboxylic acids is 1. The Labute approximate surface area is 106 Å². The van der Waals surface area contributed by atoms with Crippen LogP contribution in [0.1, 0.15) is 36.7 Å². The van der Waals surface area contributed by atoms with Gasteiger partial charge in [-0.2, -0.15) is 0 Å². The number of rotatable bonds is 2. The van der Waals surface area contributed by atoms with Crippen LogP contribution in [0.25, 0.3) is 0 Å². The first kappa shape index (κ1) is 12.4. The summed E-state index contributed by atoms with van der Waals surface area (Å²) >= 11 is 0. The van der Waals surface area contributed by atoms with Crippen LogP contribution in [0.15, 0.2) is 41.1 Å². The highest BCUT2D eigenvalue weighted by Crippen LogP contribution is 2.22. The summed E-state index contributed by atoms with van der Waals surface area (Å²) in [5, 5.41) is 6.28. The molecule has 0 radical (unpaired) electrons. The molecule has 94 valence electrons. The SMILES string of the molecule is CC(C)(C)c1ccc(C(=O)Nc2ccon2)cc1. The molecule has 0 aliphatic heterocycles. The Morgan fingerprint density at radius 3 is 2.33 bits per heavy atom. The van der Waals surface area contributed by atoms with Gasteiger partial charge < -0.3 is 9.84 Å². The Kier molecular flexibility index (Phi) is 3.19. The number of nitrogens with zero attached hydrogens (tertiary/aromatic N) is 1. The molecule has 1 aromatic heterocycles. The highest BCUT2D eigenvalue weighted by molar-refractivity contribution is 6.03. The van der Waals surface area contributed by atoms with E-state index in [-0.39, 0.29) is 11.3 Å². The van der Waals surface area contributed by atoms with E-state index in [9.17, 15) is 4.79 Å². The second-order valence-corrected chi connectivity index (χ2v) is 5.17. The quantitative estimate of drug-likeness (QED) is 0.882. The van der Waals surface area contributed by atoms with Gasteiger partial charge in [0.05, 0.1) is 0 Å². The lowest BCUT2D eigenvalue weighted by Crippen LogP contribution is -2.14. The molecule has 0 spiro atoms. The number of nitrogens with one attached hydrogen (secondary N) is 1. The first-order valence-corrected chi connectivity index (χ1v) is 5.79. The molecular formula is C14H16N2O2. The van der Waals surface area contributed by atoms with E-state index in [1.165, 1.54) is 11.8 Å². The second kappa shape index (κ2) is 4.64. The van der Waals surface area contributed by atoms with E-state index in [1.54, 1.807) is 6.07 Å². The normalized spacial score (nSPS) is 11.3. The molecule has 0 fully saturated rings. The Morgan fingerprint density at radius 1 is 1.17 bits per heavy atom. The largest absolute Gasteiger partial charge is 0.363 e. The molecule has 0 saturated carbocycles. The third kappa shape index (κ3) is 2.77. The molecule has 1 N–H and O–H groups in total. The highest BCUT2D eigenvalue weighted by atomic mass is 16.5. The highest BCUT2D eigenvalue weighted by Gasteiger charge is 2.14. The third-order valence-electron chi connectivity index (χ3n) is 2.69. The molecule has 4 heteroatoms. The molecule has 0 saturated heterocycles. The van der Waals surface area contributed by atoms with Crippen LogP contribution in [0.3, 0.4) is 0 Å². The Morgan fingerprint density at radius 2 is 1.83 bits per heavy atom. The van der Waals surface area contributed by atoms with Gasteiger partial charge in [-0.15, -0.1) is 0 Å². The van der Waals surface area contributed by atoms with Gasteiger partial charge in [0, 0.05) is 11.6 Å². The first-order valence-electron chi connectivity index (χ1n) is 5.79. The standard InChI is InChI=1S/C14H16N2O2/c1-14(2,3)11-6-4-10(5-7-11)13(17)15-12-8-9-18-16-12/h4-9H,1-3H3,(H,15,16,17). The molecule has 0 unspecified atom stereocenters. The Bertz CT molecular complexity index is 522. The summed E-state index contributed by atoms with van der Waals surface area (Å²) in [5.41, 5.74) is 1.88. The van der Waals surface area contributed by atoms with Gasteiger partial charge >= 0.3 is 0 Å². The van der Waals surface area contributed by atoms with E-state index >= 15 is 0 Å². The average molecular weight is 244 g/mol. The van der Waals surface area contributed by atoms with Gasteiger partial charge in [-0.05, 0) is 23.1 Å². The monoisotopic (exact) mass is 244 g/mol. The summed E-state index contributed by atoms with van der Waals surface area (Å²) in [6.07, 6.45) is 1.41. The van der Waals surface area contributed by atoms with Crippen LogP contribution < -0.4 is 5.32 Å². The maximum atomic E-state index is 11.9. The van der Waals surface area contributed by atoms with Crippen molar-refractivity contribution >= 4 is 11.7 Å². The summed E-state index contributed by atoms with van der Waals surface area (Å²) < 4.78 is 4.65. The summed E-state index contributed by atoms with van der Waals surface area (Å²) in [6.45, 7) is 6.41. The minimum atomic E-state index is -0.190. The average Bonchev–Trinajstić information content (AvgIpc) is 2.81. The van der Waals surface area contributed by atoms with E-state index in [2.05, 4.69) is 35.8 Å². The van der Waals surface area contributed by atoms with Crippen molar-refractivity contribution in [2.45, 2.75) is 26.2 Å². The number of hydrogen-bond acceptors (Lipinski definition) is 3. The lowest BCUT2D eigenvalue weighted by atomic mass is 9.87. The molecule has 1 amide bonds. The zero-order chi connectivity index (χ0) is 13.2. The number of benzene rings is 1. The van der Waals surface area contributed by atoms with Gasteiger partial charge in [-0.3, -0.25) is 4.79 Å². The van der Waals surface area contributed by atoms with Crippen LogP contribution in [0.2, 0.25) is 0 Å². The van der Waals surface area contributed by atoms with Gasteiger partial charge in [0.25, 0.3) is 5.91 Å². The molecule has 18 heavy (non-hydrogen) atoms. The van der Waals surface area contributed by atoms with E-state index in [4.69, 9.17) is 0 Å². The van der Waals surface area contributed by atoms with Crippen molar-refractivity contribution in [1.29, 1.82) is 0 Å². The minimum absolute atomic E-state index is 0.0844. The van der Waals surface area contributed by atoms with Crippen LogP contribution in [-0.4, -0.2) is 11.1 Å². The minimum Gasteiger partial charge on any atom is -0.363 e. The van der Waals surface area contributed by atoms with Crippen LogP contribution in [0.4, 0.5) is 5.82 Å². The predicted molar refractivity (Wildman–Crippen MR) is 69.6 cm³/mol. The fraction of sp³-hybridized carbons (Fsp3) is 0.286. The molecule has 1 aromatic carbocycles. The molecule has 0 atom stereocenters. The number of amides is 1. The number of hydrogen-bond donors (Lipinski definition) is 1. The Hall–Kier alpha value is -2.10. The van der Waals surface area contributed by atoms with Crippen molar-refractivity contribution in [2.24, 2.45) is 0 Å². The second-order valence-electron chi connectivity index (χ2n) is 5.17. The van der Waals surface area contributed by atoms with E-state index < -0.39 is 0 Å². The summed E-state index contributed by atoms with van der Waals surface area (Å²) in [5.74, 6) is 0.226. The van der Waals surface area contributed by atoms with Gasteiger partial charge in [0.2, 0.25) is 0 Å². The maximum Gasteiger partial charge on any atom is 0.256 e. The molecule has 4 nitrogen and oxygen atoms in total. The molecule has 2 rings (SSSR count). The molecule has 2 aromatic rings. The van der Waals surface area contributed by atoms with Crippen molar-refractivity contribution in [2.75, 3.05) is 5.32 Å². The van der Waals surface area contributed by atoms with Crippen LogP contribution in [0, 0.1) is 0 Å². The van der Waals surface area contributed by atoms with Crippen LogP contribution in [0.5, 0.6) is 0 Å². The summed E-state index contributed by atoms with van der Waals surface area (Å²) in [7, 11) is 0. The molecule has 0 aliphatic carbocycles. The smallest absolute Gasteiger partial charge is 0.256 e. The number of anilines is 1. The van der Waals surface area contributed by atoms with Gasteiger partial charge in [0.15, 0.2) is 5.82 Å². The van der Waals surface area contributed by atoms with Gasteiger partial charge in [-0.25, -0.2) is 0 Å². The fourth-order valence-corrected chi connectivity index (χ4v) is 1.59. The van der Waals surface area contributed by atoms with E-state index in [1.807, 2.05) is 24.3 Å². The topological polar surface area (TPSA) is 55.1 Å². The number of aromatic nitrogens is 1. The Balaban J connectivity index is 2.12. The van der Waals surface area contributed by atoms with E-state index in [0.717, 1.165) is 0 Å². The molecule has 0 aliphatic rings. The van der Waals surface area contributed by atoms with Crippen LogP contribution >= 0.6 is 0 Å². The summed E-state index contributed by atoms with van der Waals surface area (Å²) in [4.78, 5) is 11.9. The predicted octanol–water partition coefficient (Wildman–Crippen LogP) is 3.22. The van der Waals surface area contributed by atoms with Crippen LogP contribution in [-0.2, 0) is 5.41 Å². The fourth-order valence-electron chi connectivity index (χ4n) is 1.59. The van der Waals surface area contributed by atoms with E-state index in [0.29, 0.717) is 11.4 Å². The molecule has 0 bridgehead atoms. The number of carbonyl (C=O) groups is 1. The van der Waals surface area contributed by atoms with Gasteiger partial charge in [0.1, 0.15) is 6.26 Å². The molecular weight excluding hydrogens is 228 g/mol. The van der Waals surface area contributed by atoms with Crippen molar-refractivity contribution in [1.82, 2.24) is 5.16 Å². The van der Waals surface area contributed by atoms with Crippen molar-refractivity contribution in [3.05, 3.63) is 47.7 Å². The maximum absolute atomic E-state index is 11.9. The van der Waals surface area contributed by atoms with Crippen molar-refractivity contribution in [3.63, 3.8) is 0 Å². The zero-order valence-corrected chi connectivity index (χ0v) is 10.7. The molecule has 1 heterocycles. The zero-order valence-electron chi connectivity index (χ0n) is 10.7. The van der Waals surface area contributed by atoms with Crippen molar-refractivity contribution < 1.29 is 9.32 Å². The lowest BCUT2D eigenvalue weighted by Gasteiger charge is -2.18.